The second-order valence-electron chi connectivity index (χ2n) is 18.1. The van der Waals surface area contributed by atoms with E-state index in [-0.39, 0.29) is 0 Å². The zero-order valence-electron chi connectivity index (χ0n) is 40.2. The van der Waals surface area contributed by atoms with Crippen molar-refractivity contribution in [2.24, 2.45) is 0 Å². The summed E-state index contributed by atoms with van der Waals surface area (Å²) in [5.41, 5.74) is 0. The Bertz CT molecular complexity index is 678. The molecule has 0 aromatic rings. The van der Waals surface area contributed by atoms with Crippen molar-refractivity contribution in [3.05, 3.63) is 12.2 Å². The number of nitrogens with zero attached hydrogens (tertiary/aromatic N) is 1. The number of carboxylic acids is 1. The third kappa shape index (κ3) is 57.3. The predicted octanol–water partition coefficient (Wildman–Crippen LogP) is 19.2. The number of hydrogen-bond acceptors (Lipinski definition) is 2. The number of carboxylic acid groups (broad SMARTS) is 1. The van der Waals surface area contributed by atoms with Gasteiger partial charge in [-0.2, -0.15) is 0 Å². The van der Waals surface area contributed by atoms with Gasteiger partial charge < -0.3 is 10.0 Å². The molecule has 0 atom stereocenters. The van der Waals surface area contributed by atoms with E-state index in [9.17, 15) is 4.79 Å². The van der Waals surface area contributed by atoms with E-state index >= 15 is 0 Å². The maximum Gasteiger partial charge on any atom is 0.303 e. The van der Waals surface area contributed by atoms with Gasteiger partial charge in [-0.1, -0.05) is 265 Å². The monoisotopic (exact) mass is 804 g/mol. The molecule has 342 valence electrons. The highest BCUT2D eigenvalue weighted by Crippen LogP contribution is 2.15. The largest absolute Gasteiger partial charge is 0.481 e. The average Bonchev–Trinajstić information content (AvgIpc) is 3.21. The summed E-state index contributed by atoms with van der Waals surface area (Å²) in [4.78, 5) is 13.2. The number of aliphatic carboxylic acids is 1. The van der Waals surface area contributed by atoms with Gasteiger partial charge in [-0.05, 0) is 71.0 Å². The van der Waals surface area contributed by atoms with Crippen LogP contribution in [0.2, 0.25) is 0 Å². The topological polar surface area (TPSA) is 40.5 Å². The predicted molar refractivity (Wildman–Crippen MR) is 259 cm³/mol. The molecule has 3 nitrogen and oxygen atoms in total. The van der Waals surface area contributed by atoms with Crippen LogP contribution in [-0.4, -0.2) is 35.6 Å². The molecule has 0 aromatic heterocycles. The summed E-state index contributed by atoms with van der Waals surface area (Å²) in [6, 6.07) is 0. The molecule has 0 saturated heterocycles. The number of rotatable bonds is 48. The second kappa shape index (κ2) is 55.2. The van der Waals surface area contributed by atoms with E-state index in [4.69, 9.17) is 5.11 Å². The van der Waals surface area contributed by atoms with Gasteiger partial charge in [-0.25, -0.2) is 0 Å². The maximum absolute atomic E-state index is 10.3. The van der Waals surface area contributed by atoms with Crippen LogP contribution >= 0.6 is 0 Å². The van der Waals surface area contributed by atoms with Crippen LogP contribution in [0.15, 0.2) is 12.2 Å². The van der Waals surface area contributed by atoms with Crippen LogP contribution in [0, 0.1) is 0 Å². The van der Waals surface area contributed by atoms with Gasteiger partial charge in [0.15, 0.2) is 0 Å². The molecular formula is C54H109NO2. The third-order valence-corrected chi connectivity index (χ3v) is 12.1. The number of carbonyl (C=O) groups is 1. The molecule has 0 aliphatic rings. The van der Waals surface area contributed by atoms with E-state index in [1.807, 2.05) is 0 Å². The molecule has 0 heterocycles. The molecule has 0 radical (unpaired) electrons. The second-order valence-corrected chi connectivity index (χ2v) is 18.1. The van der Waals surface area contributed by atoms with Crippen molar-refractivity contribution in [3.8, 4) is 0 Å². The molecule has 3 heteroatoms. The van der Waals surface area contributed by atoms with Crippen LogP contribution in [0.4, 0.5) is 0 Å². The Hall–Kier alpha value is -0.830. The maximum atomic E-state index is 10.3. The van der Waals surface area contributed by atoms with Gasteiger partial charge in [-0.15, -0.1) is 0 Å². The summed E-state index contributed by atoms with van der Waals surface area (Å²) >= 11 is 0. The van der Waals surface area contributed by atoms with Crippen LogP contribution in [0.1, 0.15) is 310 Å². The minimum absolute atomic E-state index is 0.332. The van der Waals surface area contributed by atoms with Crippen molar-refractivity contribution in [3.63, 3.8) is 0 Å². The average molecular weight is 804 g/mol. The molecule has 0 aliphatic carbocycles. The summed E-state index contributed by atoms with van der Waals surface area (Å²) in [5.74, 6) is -0.664. The highest BCUT2D eigenvalue weighted by molar-refractivity contribution is 5.66. The lowest BCUT2D eigenvalue weighted by atomic mass is 10.1. The van der Waals surface area contributed by atoms with Crippen LogP contribution < -0.4 is 0 Å². The lowest BCUT2D eigenvalue weighted by Gasteiger charge is -2.22. The molecule has 0 saturated carbocycles. The van der Waals surface area contributed by atoms with Crippen molar-refractivity contribution in [1.29, 1.82) is 0 Å². The summed E-state index contributed by atoms with van der Waals surface area (Å²) in [5, 5.41) is 8.51. The normalized spacial score (nSPS) is 11.5. The van der Waals surface area contributed by atoms with Crippen LogP contribution in [0.3, 0.4) is 0 Å². The van der Waals surface area contributed by atoms with Crippen LogP contribution in [0.5, 0.6) is 0 Å². The SMILES string of the molecule is CCCCCCCCC=CCCCCCCCC(=O)O.CCCCCCCCCCCCN(CCCCCCCCCCCC)CCCCCCCCCCCC. The molecule has 0 unspecified atom stereocenters. The summed E-state index contributed by atoms with van der Waals surface area (Å²) in [6.07, 6.45) is 64.8. The van der Waals surface area contributed by atoms with Gasteiger partial charge in [-0.3, -0.25) is 4.79 Å². The van der Waals surface area contributed by atoms with Crippen LogP contribution in [-0.2, 0) is 4.79 Å². The molecule has 0 spiro atoms. The Labute approximate surface area is 361 Å². The minimum atomic E-state index is -0.664. The lowest BCUT2D eigenvalue weighted by Crippen LogP contribution is -2.27. The summed E-state index contributed by atoms with van der Waals surface area (Å²) < 4.78 is 0. The first kappa shape index (κ1) is 58.3. The van der Waals surface area contributed by atoms with E-state index < -0.39 is 5.97 Å². The van der Waals surface area contributed by atoms with Gasteiger partial charge in [0.25, 0.3) is 0 Å². The van der Waals surface area contributed by atoms with Crippen molar-refractivity contribution in [1.82, 2.24) is 4.90 Å². The fraction of sp³-hybridized carbons (Fsp3) is 0.944. The first-order valence-corrected chi connectivity index (χ1v) is 26.7. The van der Waals surface area contributed by atoms with Gasteiger partial charge in [0.1, 0.15) is 0 Å². The zero-order valence-corrected chi connectivity index (χ0v) is 40.2. The van der Waals surface area contributed by atoms with E-state index in [0.717, 1.165) is 12.8 Å². The van der Waals surface area contributed by atoms with Gasteiger partial charge in [0.05, 0.1) is 0 Å². The van der Waals surface area contributed by atoms with Gasteiger partial charge in [0.2, 0.25) is 0 Å². The lowest BCUT2D eigenvalue weighted by molar-refractivity contribution is -0.137. The van der Waals surface area contributed by atoms with Gasteiger partial charge in [0, 0.05) is 6.42 Å². The molecule has 0 fully saturated rings. The van der Waals surface area contributed by atoms with Crippen molar-refractivity contribution in [2.45, 2.75) is 310 Å². The molecule has 0 aromatic carbocycles. The zero-order chi connectivity index (χ0) is 41.8. The number of unbranched alkanes of at least 4 members (excludes halogenated alkanes) is 38. The van der Waals surface area contributed by atoms with E-state index in [1.54, 1.807) is 0 Å². The molecule has 57 heavy (non-hydrogen) atoms. The van der Waals surface area contributed by atoms with Crippen LogP contribution in [0.25, 0.3) is 0 Å². The first-order valence-electron chi connectivity index (χ1n) is 26.7. The Kier molecular flexibility index (Phi) is 56.4. The molecule has 0 bridgehead atoms. The van der Waals surface area contributed by atoms with E-state index in [1.165, 1.54) is 283 Å². The third-order valence-electron chi connectivity index (χ3n) is 12.1. The van der Waals surface area contributed by atoms with Crippen molar-refractivity contribution in [2.75, 3.05) is 19.6 Å². The van der Waals surface area contributed by atoms with Crippen molar-refractivity contribution < 1.29 is 9.90 Å². The molecular weight excluding hydrogens is 695 g/mol. The van der Waals surface area contributed by atoms with Gasteiger partial charge >= 0.3 is 5.97 Å². The molecule has 0 aliphatic heterocycles. The number of hydrogen-bond donors (Lipinski definition) is 1. The Morgan fingerprint density at radius 3 is 0.772 bits per heavy atom. The Morgan fingerprint density at radius 2 is 0.526 bits per heavy atom. The fourth-order valence-electron chi connectivity index (χ4n) is 8.15. The fourth-order valence-corrected chi connectivity index (χ4v) is 8.15. The Morgan fingerprint density at radius 1 is 0.316 bits per heavy atom. The van der Waals surface area contributed by atoms with E-state index in [0.29, 0.717) is 6.42 Å². The highest BCUT2D eigenvalue weighted by Gasteiger charge is 2.05. The molecule has 0 amide bonds. The molecule has 0 rings (SSSR count). The number of allylic oxidation sites excluding steroid dienone is 2. The van der Waals surface area contributed by atoms with Crippen molar-refractivity contribution >= 4 is 5.97 Å². The summed E-state index contributed by atoms with van der Waals surface area (Å²) in [7, 11) is 0. The quantitative estimate of drug-likeness (QED) is 0.0492. The highest BCUT2D eigenvalue weighted by atomic mass is 16.4. The molecule has 1 N–H and O–H groups in total. The summed E-state index contributed by atoms with van der Waals surface area (Å²) in [6.45, 7) is 13.3. The standard InChI is InChI=1S/C36H75N.C18H34O2/c1-4-7-10-13-16-19-22-25-28-31-34-37(35-32-29-26-23-20-17-14-11-8-5-2)36-33-30-27-24-21-18-15-12-9-6-3;1-2-3-4-5-6-7-8-9-10-11-12-13-14-15-16-17-18(19)20/h4-36H2,1-3H3;9-10H,2-8,11-17H2,1H3,(H,19,20). The smallest absolute Gasteiger partial charge is 0.303 e. The Balaban J connectivity index is 0. The minimum Gasteiger partial charge on any atom is -0.481 e. The first-order chi connectivity index (χ1) is 28.1. The van der Waals surface area contributed by atoms with E-state index in [2.05, 4.69) is 44.7 Å².